The summed E-state index contributed by atoms with van der Waals surface area (Å²) in [7, 11) is 0. The van der Waals surface area contributed by atoms with E-state index in [1.807, 2.05) is 25.7 Å². The van der Waals surface area contributed by atoms with E-state index in [1.54, 1.807) is 0 Å². The summed E-state index contributed by atoms with van der Waals surface area (Å²) in [6.07, 6.45) is 3.97. The minimum Gasteiger partial charge on any atom is -0.342 e. The Labute approximate surface area is 123 Å². The number of rotatable bonds is 7. The summed E-state index contributed by atoms with van der Waals surface area (Å²) in [5.41, 5.74) is 0. The number of hydrogen-bond donors (Lipinski definition) is 1. The van der Waals surface area contributed by atoms with Crippen LogP contribution in [0.5, 0.6) is 0 Å². The molecule has 116 valence electrons. The van der Waals surface area contributed by atoms with Crippen molar-refractivity contribution in [3.05, 3.63) is 0 Å². The van der Waals surface area contributed by atoms with Gasteiger partial charge in [0.2, 0.25) is 11.8 Å². The maximum absolute atomic E-state index is 12.5. The molecule has 0 bridgehead atoms. The molecule has 2 amide bonds. The molecule has 1 fully saturated rings. The first-order valence-electron chi connectivity index (χ1n) is 7.99. The second kappa shape index (κ2) is 7.65. The van der Waals surface area contributed by atoms with Crippen LogP contribution in [0.3, 0.4) is 0 Å². The molecule has 0 saturated carbocycles. The Kier molecular flexibility index (Phi) is 6.50. The van der Waals surface area contributed by atoms with Crippen molar-refractivity contribution < 1.29 is 9.59 Å². The zero-order valence-electron chi connectivity index (χ0n) is 13.6. The molecule has 0 spiro atoms. The molecule has 1 aliphatic heterocycles. The number of piperazine rings is 1. The number of amides is 2. The number of carbonyl (C=O) groups excluding carboxylic acids is 2. The van der Waals surface area contributed by atoms with Crippen molar-refractivity contribution in [2.45, 2.75) is 72.4 Å². The summed E-state index contributed by atoms with van der Waals surface area (Å²) in [6.45, 7) is 11.1. The highest BCUT2D eigenvalue weighted by molar-refractivity contribution is 5.97. The van der Waals surface area contributed by atoms with E-state index >= 15 is 0 Å². The van der Waals surface area contributed by atoms with E-state index in [0.717, 1.165) is 12.8 Å². The van der Waals surface area contributed by atoms with Gasteiger partial charge in [-0.25, -0.2) is 0 Å². The molecule has 1 aliphatic rings. The third-order valence-corrected chi connectivity index (χ3v) is 4.01. The van der Waals surface area contributed by atoms with Crippen LogP contribution in [-0.2, 0) is 9.59 Å². The van der Waals surface area contributed by atoms with Gasteiger partial charge in [0.15, 0.2) is 0 Å². The lowest BCUT2D eigenvalue weighted by molar-refractivity contribution is -0.150. The van der Waals surface area contributed by atoms with Crippen LogP contribution in [0.4, 0.5) is 0 Å². The highest BCUT2D eigenvalue weighted by Gasteiger charge is 2.40. The quantitative estimate of drug-likeness (QED) is 0.730. The summed E-state index contributed by atoms with van der Waals surface area (Å²) < 4.78 is 0. The van der Waals surface area contributed by atoms with Gasteiger partial charge >= 0.3 is 0 Å². The highest BCUT2D eigenvalue weighted by Crippen LogP contribution is 2.19. The first kappa shape index (κ1) is 17.0. The minimum atomic E-state index is -0.351. The van der Waals surface area contributed by atoms with Gasteiger partial charge in [0, 0.05) is 6.54 Å². The zero-order chi connectivity index (χ0) is 15.3. The average molecular weight is 282 g/mol. The molecule has 0 aliphatic carbocycles. The van der Waals surface area contributed by atoms with Gasteiger partial charge in [-0.15, -0.1) is 0 Å². The highest BCUT2D eigenvalue weighted by atomic mass is 16.2. The molecule has 4 heteroatoms. The maximum atomic E-state index is 12.5. The van der Waals surface area contributed by atoms with Crippen molar-refractivity contribution in [3.8, 4) is 0 Å². The van der Waals surface area contributed by atoms with Crippen molar-refractivity contribution in [1.82, 2.24) is 10.2 Å². The molecule has 1 N–H and O–H groups in total. The lowest BCUT2D eigenvalue weighted by Gasteiger charge is -2.40. The fourth-order valence-corrected chi connectivity index (χ4v) is 2.74. The lowest BCUT2D eigenvalue weighted by Crippen LogP contribution is -2.64. The molecular formula is C16H30N2O2. The van der Waals surface area contributed by atoms with Gasteiger partial charge in [-0.05, 0) is 24.7 Å². The van der Waals surface area contributed by atoms with E-state index in [1.165, 1.54) is 6.42 Å². The maximum Gasteiger partial charge on any atom is 0.246 e. The van der Waals surface area contributed by atoms with Gasteiger partial charge in [-0.2, -0.15) is 0 Å². The standard InChI is InChI=1S/C16H30N2O2/c1-6-13-15(19)17-14(12(4)5)16(20)18(13)10-8-7-9-11(2)3/h11-14H,6-10H2,1-5H3,(H,17,19). The van der Waals surface area contributed by atoms with Gasteiger partial charge in [0.25, 0.3) is 0 Å². The molecule has 4 nitrogen and oxygen atoms in total. The van der Waals surface area contributed by atoms with Crippen LogP contribution in [0, 0.1) is 11.8 Å². The van der Waals surface area contributed by atoms with Crippen LogP contribution >= 0.6 is 0 Å². The number of unbranched alkanes of at least 4 members (excludes halogenated alkanes) is 1. The molecule has 1 rings (SSSR count). The Morgan fingerprint density at radius 3 is 2.30 bits per heavy atom. The van der Waals surface area contributed by atoms with Crippen molar-refractivity contribution in [1.29, 1.82) is 0 Å². The van der Waals surface area contributed by atoms with E-state index in [4.69, 9.17) is 0 Å². The third kappa shape index (κ3) is 4.22. The lowest BCUT2D eigenvalue weighted by atomic mass is 9.96. The molecule has 0 aromatic heterocycles. The molecule has 2 unspecified atom stereocenters. The summed E-state index contributed by atoms with van der Waals surface area (Å²) in [6, 6.07) is -0.632. The fraction of sp³-hybridized carbons (Fsp3) is 0.875. The second-order valence-corrected chi connectivity index (χ2v) is 6.58. The van der Waals surface area contributed by atoms with Crippen LogP contribution in [0.1, 0.15) is 60.3 Å². The number of nitrogens with one attached hydrogen (secondary N) is 1. The first-order valence-corrected chi connectivity index (χ1v) is 7.99. The topological polar surface area (TPSA) is 49.4 Å². The first-order chi connectivity index (χ1) is 9.38. The van der Waals surface area contributed by atoms with E-state index in [2.05, 4.69) is 19.2 Å². The number of carbonyl (C=O) groups is 2. The van der Waals surface area contributed by atoms with Gasteiger partial charge in [0.05, 0.1) is 0 Å². The van der Waals surface area contributed by atoms with Gasteiger partial charge < -0.3 is 10.2 Å². The van der Waals surface area contributed by atoms with Crippen molar-refractivity contribution in [3.63, 3.8) is 0 Å². The SMILES string of the molecule is CCC1C(=O)NC(C(C)C)C(=O)N1CCCCC(C)C. The van der Waals surface area contributed by atoms with Crippen LogP contribution in [0.25, 0.3) is 0 Å². The predicted molar refractivity (Wildman–Crippen MR) is 81.2 cm³/mol. The monoisotopic (exact) mass is 282 g/mol. The fourth-order valence-electron chi connectivity index (χ4n) is 2.74. The summed E-state index contributed by atoms with van der Waals surface area (Å²) >= 11 is 0. The molecule has 0 radical (unpaired) electrons. The Morgan fingerprint density at radius 1 is 1.15 bits per heavy atom. The molecule has 1 heterocycles. The normalized spacial score (nSPS) is 23.6. The second-order valence-electron chi connectivity index (χ2n) is 6.58. The molecule has 2 atom stereocenters. The number of nitrogens with zero attached hydrogens (tertiary/aromatic N) is 1. The summed E-state index contributed by atoms with van der Waals surface area (Å²) in [5, 5.41) is 2.88. The van der Waals surface area contributed by atoms with E-state index in [-0.39, 0.29) is 29.8 Å². The van der Waals surface area contributed by atoms with E-state index < -0.39 is 0 Å². The van der Waals surface area contributed by atoms with Crippen LogP contribution < -0.4 is 5.32 Å². The Morgan fingerprint density at radius 2 is 1.80 bits per heavy atom. The van der Waals surface area contributed by atoms with Crippen molar-refractivity contribution in [2.75, 3.05) is 6.54 Å². The van der Waals surface area contributed by atoms with Crippen molar-refractivity contribution >= 4 is 11.8 Å². The third-order valence-electron chi connectivity index (χ3n) is 4.01. The molecule has 0 aromatic rings. The predicted octanol–water partition coefficient (Wildman–Crippen LogP) is 2.57. The summed E-state index contributed by atoms with van der Waals surface area (Å²) in [5.74, 6) is 0.939. The van der Waals surface area contributed by atoms with Gasteiger partial charge in [0.1, 0.15) is 12.1 Å². The van der Waals surface area contributed by atoms with Crippen LogP contribution in [-0.4, -0.2) is 35.3 Å². The molecule has 1 saturated heterocycles. The average Bonchev–Trinajstić information content (AvgIpc) is 2.37. The summed E-state index contributed by atoms with van der Waals surface area (Å²) in [4.78, 5) is 26.5. The number of hydrogen-bond acceptors (Lipinski definition) is 2. The Balaban J connectivity index is 2.66. The molecule has 0 aromatic carbocycles. The van der Waals surface area contributed by atoms with Crippen LogP contribution in [0.2, 0.25) is 0 Å². The van der Waals surface area contributed by atoms with Crippen molar-refractivity contribution in [2.24, 2.45) is 11.8 Å². The van der Waals surface area contributed by atoms with Crippen LogP contribution in [0.15, 0.2) is 0 Å². The molecular weight excluding hydrogens is 252 g/mol. The zero-order valence-corrected chi connectivity index (χ0v) is 13.6. The molecule has 20 heavy (non-hydrogen) atoms. The van der Waals surface area contributed by atoms with Gasteiger partial charge in [-0.1, -0.05) is 47.5 Å². The van der Waals surface area contributed by atoms with E-state index in [0.29, 0.717) is 18.9 Å². The Bertz CT molecular complexity index is 339. The Hall–Kier alpha value is -1.06. The van der Waals surface area contributed by atoms with Gasteiger partial charge in [-0.3, -0.25) is 9.59 Å². The largest absolute Gasteiger partial charge is 0.342 e. The van der Waals surface area contributed by atoms with E-state index in [9.17, 15) is 9.59 Å². The smallest absolute Gasteiger partial charge is 0.246 e. The minimum absolute atomic E-state index is 0.00894.